The van der Waals surface area contributed by atoms with Gasteiger partial charge in [-0.05, 0) is 6.42 Å². The highest BCUT2D eigenvalue weighted by Gasteiger charge is 2.80. The normalized spacial score (nSPS) is 53.6. The van der Waals surface area contributed by atoms with Crippen molar-refractivity contribution < 1.29 is 4.74 Å². The van der Waals surface area contributed by atoms with Gasteiger partial charge in [0, 0.05) is 5.92 Å². The van der Waals surface area contributed by atoms with Gasteiger partial charge in [-0.25, -0.2) is 0 Å². The van der Waals surface area contributed by atoms with E-state index in [-0.39, 0.29) is 22.1 Å². The molecule has 3 rings (SSSR count). The number of hydrogen-bond acceptors (Lipinski definition) is 1. The largest absolute Gasteiger partial charge is 0.373 e. The summed E-state index contributed by atoms with van der Waals surface area (Å²) in [4.78, 5) is -2.25. The third-order valence-electron chi connectivity index (χ3n) is 3.63. The molecule has 0 aromatic heterocycles. The van der Waals surface area contributed by atoms with Crippen molar-refractivity contribution in [2.75, 3.05) is 6.61 Å². The van der Waals surface area contributed by atoms with Crippen LogP contribution in [-0.2, 0) is 4.74 Å². The fourth-order valence-electron chi connectivity index (χ4n) is 2.63. The summed E-state index contributed by atoms with van der Waals surface area (Å²) in [6.07, 6.45) is 0.499. The zero-order valence-corrected chi connectivity index (χ0v) is 12.3. The molecule has 0 aromatic rings. The van der Waals surface area contributed by atoms with Gasteiger partial charge in [-0.3, -0.25) is 0 Å². The minimum Gasteiger partial charge on any atom is -0.373 e. The van der Waals surface area contributed by atoms with E-state index in [1.807, 2.05) is 0 Å². The highest BCUT2D eigenvalue weighted by molar-refractivity contribution is 6.65. The molecule has 2 fully saturated rings. The van der Waals surface area contributed by atoms with Crippen LogP contribution >= 0.6 is 69.6 Å². The van der Waals surface area contributed by atoms with E-state index < -0.39 is 14.1 Å². The minimum absolute atomic E-state index is 0.0218. The first-order valence-electron chi connectivity index (χ1n) is 4.70. The van der Waals surface area contributed by atoms with E-state index in [2.05, 4.69) is 0 Å². The lowest BCUT2D eigenvalue weighted by Gasteiger charge is -2.33. The minimum atomic E-state index is -1.41. The second-order valence-electron chi connectivity index (χ2n) is 4.40. The molecule has 4 atom stereocenters. The predicted octanol–water partition coefficient (Wildman–Crippen LogP) is 4.24. The van der Waals surface area contributed by atoms with Crippen molar-refractivity contribution in [3.63, 3.8) is 0 Å². The highest BCUT2D eigenvalue weighted by Crippen LogP contribution is 2.75. The van der Waals surface area contributed by atoms with Crippen LogP contribution in [0.25, 0.3) is 0 Å². The van der Waals surface area contributed by atoms with Crippen molar-refractivity contribution in [1.82, 2.24) is 0 Å². The third kappa shape index (κ3) is 1.13. The second-order valence-corrected chi connectivity index (χ2v) is 7.72. The van der Waals surface area contributed by atoms with Gasteiger partial charge in [0.05, 0.1) is 22.8 Å². The van der Waals surface area contributed by atoms with Crippen molar-refractivity contribution >= 4 is 69.6 Å². The molecule has 1 aliphatic heterocycles. The Balaban J connectivity index is 2.18. The molecular weight excluding hydrogens is 337 g/mol. The van der Waals surface area contributed by atoms with Gasteiger partial charge in [0.1, 0.15) is 9.75 Å². The molecular formula is C9H6Cl6O. The lowest BCUT2D eigenvalue weighted by molar-refractivity contribution is 0.306. The molecule has 2 bridgehead atoms. The molecule has 1 nitrogen and oxygen atoms in total. The molecule has 1 heterocycles. The molecule has 3 aliphatic rings. The maximum absolute atomic E-state index is 6.52. The molecule has 90 valence electrons. The van der Waals surface area contributed by atoms with Gasteiger partial charge in [0.2, 0.25) is 0 Å². The highest BCUT2D eigenvalue weighted by atomic mass is 35.5. The van der Waals surface area contributed by atoms with Crippen LogP contribution in [0.5, 0.6) is 0 Å². The molecule has 0 radical (unpaired) electrons. The summed E-state index contributed by atoms with van der Waals surface area (Å²) in [6, 6.07) is 0. The van der Waals surface area contributed by atoms with Gasteiger partial charge in [-0.1, -0.05) is 46.4 Å². The summed E-state index contributed by atoms with van der Waals surface area (Å²) in [7, 11) is 0. The van der Waals surface area contributed by atoms with E-state index in [0.29, 0.717) is 13.0 Å². The Kier molecular flexibility index (Phi) is 2.58. The van der Waals surface area contributed by atoms with E-state index in [1.54, 1.807) is 0 Å². The zero-order valence-electron chi connectivity index (χ0n) is 7.74. The first-order valence-corrected chi connectivity index (χ1v) is 6.97. The molecule has 16 heavy (non-hydrogen) atoms. The topological polar surface area (TPSA) is 12.5 Å². The van der Waals surface area contributed by atoms with Crippen LogP contribution in [0.15, 0.2) is 10.1 Å². The molecule has 0 unspecified atom stereocenters. The van der Waals surface area contributed by atoms with Gasteiger partial charge >= 0.3 is 0 Å². The van der Waals surface area contributed by atoms with Gasteiger partial charge < -0.3 is 4.74 Å². The quantitative estimate of drug-likeness (QED) is 0.513. The molecule has 0 aromatic carbocycles. The Morgan fingerprint density at radius 3 is 2.00 bits per heavy atom. The van der Waals surface area contributed by atoms with Crippen LogP contribution in [0.2, 0.25) is 0 Å². The Morgan fingerprint density at radius 2 is 1.62 bits per heavy atom. The standard InChI is InChI=1S/C9H6Cl6O/c10-5-6(11)8(13)3(4-2-16-4)1-7(5,12)9(8,14)15/h3-4H,1-2H2/t3-,4+,7+,8+/m1/s1. The van der Waals surface area contributed by atoms with Gasteiger partial charge in [-0.2, -0.15) is 0 Å². The van der Waals surface area contributed by atoms with Crippen LogP contribution in [0.4, 0.5) is 0 Å². The van der Waals surface area contributed by atoms with E-state index in [9.17, 15) is 0 Å². The fraction of sp³-hybridized carbons (Fsp3) is 0.778. The summed E-state index contributed by atoms with van der Waals surface area (Å²) in [5.74, 6) is -0.100. The molecule has 1 saturated carbocycles. The Morgan fingerprint density at radius 1 is 1.06 bits per heavy atom. The maximum Gasteiger partial charge on any atom is 0.166 e. The van der Waals surface area contributed by atoms with Crippen LogP contribution in [0, 0.1) is 5.92 Å². The Labute approximate surface area is 123 Å². The number of epoxide rings is 1. The Hall–Kier alpha value is 1.44. The van der Waals surface area contributed by atoms with Crippen LogP contribution in [0.1, 0.15) is 6.42 Å². The smallest absolute Gasteiger partial charge is 0.166 e. The average molecular weight is 343 g/mol. The van der Waals surface area contributed by atoms with Crippen molar-refractivity contribution in [2.24, 2.45) is 5.92 Å². The van der Waals surface area contributed by atoms with E-state index in [1.165, 1.54) is 0 Å². The number of allylic oxidation sites excluding steroid dienone is 2. The summed E-state index contributed by atoms with van der Waals surface area (Å²) < 4.78 is 3.84. The number of alkyl halides is 4. The molecule has 1 saturated heterocycles. The van der Waals surface area contributed by atoms with Crippen LogP contribution < -0.4 is 0 Å². The molecule has 0 amide bonds. The summed E-state index contributed by atoms with van der Waals surface area (Å²) in [6.45, 7) is 0.637. The molecule has 7 heteroatoms. The first-order chi connectivity index (χ1) is 7.27. The van der Waals surface area contributed by atoms with Gasteiger partial charge in [0.15, 0.2) is 4.33 Å². The SMILES string of the molecule is ClC1=C(Cl)[C@@]2(Cl)C[C@H]([C@@H]3CO3)[C@@]1(Cl)C2(Cl)Cl. The number of rotatable bonds is 1. The van der Waals surface area contributed by atoms with Crippen molar-refractivity contribution in [2.45, 2.75) is 26.6 Å². The lowest BCUT2D eigenvalue weighted by Crippen LogP contribution is -2.45. The molecule has 0 N–H and O–H groups in total. The van der Waals surface area contributed by atoms with E-state index in [0.717, 1.165) is 0 Å². The fourth-order valence-corrected chi connectivity index (χ4v) is 5.48. The summed E-state index contributed by atoms with van der Waals surface area (Å²) in [5, 5.41) is 0.510. The first kappa shape index (κ1) is 12.5. The number of fused-ring (bicyclic) bond motifs is 2. The second kappa shape index (κ2) is 3.30. The van der Waals surface area contributed by atoms with Gasteiger partial charge in [-0.15, -0.1) is 23.2 Å². The van der Waals surface area contributed by atoms with Crippen LogP contribution in [0.3, 0.4) is 0 Å². The lowest BCUT2D eigenvalue weighted by atomic mass is 9.89. The van der Waals surface area contributed by atoms with E-state index in [4.69, 9.17) is 74.3 Å². The van der Waals surface area contributed by atoms with Gasteiger partial charge in [0.25, 0.3) is 0 Å². The molecule has 2 aliphatic carbocycles. The number of hydrogen-bond donors (Lipinski definition) is 0. The number of ether oxygens (including phenoxy) is 1. The monoisotopic (exact) mass is 340 g/mol. The van der Waals surface area contributed by atoms with Crippen molar-refractivity contribution in [3.05, 3.63) is 10.1 Å². The van der Waals surface area contributed by atoms with Crippen molar-refractivity contribution in [1.29, 1.82) is 0 Å². The third-order valence-corrected chi connectivity index (χ3v) is 7.93. The molecule has 0 spiro atoms. The Bertz CT molecular complexity index is 403. The number of halogens is 6. The maximum atomic E-state index is 6.52. The van der Waals surface area contributed by atoms with Crippen LogP contribution in [-0.4, -0.2) is 26.8 Å². The zero-order chi connectivity index (χ0) is 11.9. The summed E-state index contributed by atoms with van der Waals surface area (Å²) >= 11 is 37.8. The average Bonchev–Trinajstić information content (AvgIpc) is 2.99. The van der Waals surface area contributed by atoms with Crippen molar-refractivity contribution in [3.8, 4) is 0 Å². The summed E-state index contributed by atoms with van der Waals surface area (Å²) in [5.41, 5.74) is 0. The van der Waals surface area contributed by atoms with E-state index >= 15 is 0 Å². The predicted molar refractivity (Wildman–Crippen MR) is 68.2 cm³/mol.